The first kappa shape index (κ1) is 25.7. The van der Waals surface area contributed by atoms with Crippen molar-refractivity contribution in [1.29, 1.82) is 0 Å². The molecule has 0 radical (unpaired) electrons. The topological polar surface area (TPSA) is 52.6 Å². The summed E-state index contributed by atoms with van der Waals surface area (Å²) in [6, 6.07) is 8.64. The smallest absolute Gasteiger partial charge is 0.306 e. The van der Waals surface area contributed by atoms with Gasteiger partial charge in [-0.15, -0.1) is 0 Å². The lowest BCUT2D eigenvalue weighted by Crippen LogP contribution is -2.17. The van der Waals surface area contributed by atoms with Crippen LogP contribution in [0.2, 0.25) is 0 Å². The molecule has 0 aliphatic carbocycles. The monoisotopic (exact) mass is 414 g/mol. The van der Waals surface area contributed by atoms with Gasteiger partial charge in [-0.25, -0.2) is 0 Å². The highest BCUT2D eigenvalue weighted by atomic mass is 16.5. The largest absolute Gasteiger partial charge is 0.469 e. The predicted molar refractivity (Wildman–Crippen MR) is 122 cm³/mol. The molecule has 0 amide bonds. The van der Waals surface area contributed by atoms with Gasteiger partial charge < -0.3 is 9.47 Å². The van der Waals surface area contributed by atoms with Gasteiger partial charge in [0.25, 0.3) is 0 Å². The highest BCUT2D eigenvalue weighted by Gasteiger charge is 2.21. The summed E-state index contributed by atoms with van der Waals surface area (Å²) in [4.78, 5) is 22.9. The summed E-state index contributed by atoms with van der Waals surface area (Å²) in [5, 5.41) is 0. The van der Waals surface area contributed by atoms with Crippen molar-refractivity contribution in [3.8, 4) is 0 Å². The van der Waals surface area contributed by atoms with Crippen molar-refractivity contribution in [3.05, 3.63) is 59.7 Å². The maximum absolute atomic E-state index is 11.4. The molecule has 0 aromatic heterocycles. The van der Waals surface area contributed by atoms with Gasteiger partial charge in [0.1, 0.15) is 0 Å². The van der Waals surface area contributed by atoms with Crippen LogP contribution >= 0.6 is 0 Å². The molecule has 4 nitrogen and oxygen atoms in total. The number of hydrogen-bond acceptors (Lipinski definition) is 4. The van der Waals surface area contributed by atoms with Gasteiger partial charge in [0, 0.05) is 0 Å². The number of carbonyl (C=O) groups is 2. The van der Waals surface area contributed by atoms with Gasteiger partial charge in [0.15, 0.2) is 0 Å². The SMILES string of the molecule is COC(=O)CC(C)(C)C/C=C/Cc1ccc(C/C=C/CC(C)(C)CC(=O)OC)cc1. The zero-order chi connectivity index (χ0) is 22.6. The van der Waals surface area contributed by atoms with Crippen molar-refractivity contribution >= 4 is 11.9 Å². The third-order valence-corrected chi connectivity index (χ3v) is 5.11. The Bertz CT molecular complexity index is 661. The summed E-state index contributed by atoms with van der Waals surface area (Å²) in [7, 11) is 2.86. The molecular formula is C26H38O4. The normalized spacial score (nSPS) is 12.5. The molecule has 1 aromatic carbocycles. The highest BCUT2D eigenvalue weighted by molar-refractivity contribution is 5.70. The first-order chi connectivity index (χ1) is 14.1. The third-order valence-electron chi connectivity index (χ3n) is 5.11. The van der Waals surface area contributed by atoms with Gasteiger partial charge in [0.2, 0.25) is 0 Å². The lowest BCUT2D eigenvalue weighted by Gasteiger charge is -2.21. The Kier molecular flexibility index (Phi) is 10.6. The average molecular weight is 415 g/mol. The van der Waals surface area contributed by atoms with E-state index in [0.29, 0.717) is 12.8 Å². The summed E-state index contributed by atoms with van der Waals surface area (Å²) in [6.07, 6.45) is 12.9. The Morgan fingerprint density at radius 2 is 1.03 bits per heavy atom. The zero-order valence-electron chi connectivity index (χ0n) is 19.5. The molecular weight excluding hydrogens is 376 g/mol. The van der Waals surface area contributed by atoms with Crippen LogP contribution in [0.25, 0.3) is 0 Å². The van der Waals surface area contributed by atoms with Crippen molar-refractivity contribution in [2.24, 2.45) is 10.8 Å². The quantitative estimate of drug-likeness (QED) is 0.318. The van der Waals surface area contributed by atoms with E-state index in [-0.39, 0.29) is 22.8 Å². The van der Waals surface area contributed by atoms with Gasteiger partial charge >= 0.3 is 11.9 Å². The van der Waals surface area contributed by atoms with E-state index in [1.165, 1.54) is 25.3 Å². The lowest BCUT2D eigenvalue weighted by molar-refractivity contribution is -0.143. The number of benzene rings is 1. The summed E-state index contributed by atoms with van der Waals surface area (Å²) in [6.45, 7) is 8.31. The molecule has 1 aromatic rings. The van der Waals surface area contributed by atoms with Crippen molar-refractivity contribution in [2.45, 2.75) is 66.2 Å². The molecule has 0 bridgehead atoms. The van der Waals surface area contributed by atoms with Crippen LogP contribution < -0.4 is 0 Å². The molecule has 1 rings (SSSR count). The van der Waals surface area contributed by atoms with E-state index >= 15 is 0 Å². The number of allylic oxidation sites excluding steroid dienone is 4. The fourth-order valence-electron chi connectivity index (χ4n) is 3.13. The van der Waals surface area contributed by atoms with E-state index < -0.39 is 0 Å². The van der Waals surface area contributed by atoms with Crippen molar-refractivity contribution < 1.29 is 19.1 Å². The number of hydrogen-bond donors (Lipinski definition) is 0. The van der Waals surface area contributed by atoms with Gasteiger partial charge in [0.05, 0.1) is 27.1 Å². The molecule has 0 spiro atoms. The first-order valence-corrected chi connectivity index (χ1v) is 10.6. The number of methoxy groups -OCH3 is 2. The summed E-state index contributed by atoms with van der Waals surface area (Å²) in [5.74, 6) is -0.324. The van der Waals surface area contributed by atoms with Crippen LogP contribution in [0, 0.1) is 10.8 Å². The first-order valence-electron chi connectivity index (χ1n) is 10.6. The van der Waals surface area contributed by atoms with Gasteiger partial charge in [-0.2, -0.15) is 0 Å². The maximum atomic E-state index is 11.4. The summed E-state index contributed by atoms with van der Waals surface area (Å²) in [5.41, 5.74) is 2.35. The van der Waals surface area contributed by atoms with Crippen molar-refractivity contribution in [2.75, 3.05) is 14.2 Å². The predicted octanol–water partition coefficient (Wildman–Crippen LogP) is 5.84. The Morgan fingerprint density at radius 3 is 1.33 bits per heavy atom. The van der Waals surface area contributed by atoms with Crippen LogP contribution in [-0.4, -0.2) is 26.2 Å². The number of rotatable bonds is 12. The van der Waals surface area contributed by atoms with Crippen LogP contribution in [-0.2, 0) is 31.9 Å². The second kappa shape index (κ2) is 12.4. The number of ether oxygens (including phenoxy) is 2. The third kappa shape index (κ3) is 11.0. The van der Waals surface area contributed by atoms with Crippen molar-refractivity contribution in [3.63, 3.8) is 0 Å². The van der Waals surface area contributed by atoms with Gasteiger partial charge in [-0.05, 0) is 47.6 Å². The molecule has 0 unspecified atom stereocenters. The van der Waals surface area contributed by atoms with Crippen LogP contribution in [0.1, 0.15) is 64.5 Å². The second-order valence-electron chi connectivity index (χ2n) is 9.41. The minimum Gasteiger partial charge on any atom is -0.469 e. The molecule has 0 aliphatic rings. The van der Waals surface area contributed by atoms with Crippen molar-refractivity contribution in [1.82, 2.24) is 0 Å². The standard InChI is InChI=1S/C26H38O4/c1-25(2,19-23(27)29-5)17-9-7-11-21-13-15-22(16-14-21)12-8-10-18-26(3,4)20-24(28)30-6/h7-10,13-16H,11-12,17-20H2,1-6H3/b9-7+,10-8+. The Balaban J connectivity index is 2.43. The molecule has 30 heavy (non-hydrogen) atoms. The van der Waals surface area contributed by atoms with E-state index in [4.69, 9.17) is 9.47 Å². The van der Waals surface area contributed by atoms with E-state index in [1.807, 2.05) is 0 Å². The average Bonchev–Trinajstić information content (AvgIpc) is 2.68. The minimum atomic E-state index is -0.162. The van der Waals surface area contributed by atoms with Crippen LogP contribution in [0.5, 0.6) is 0 Å². The van der Waals surface area contributed by atoms with E-state index in [0.717, 1.165) is 25.7 Å². The molecule has 0 N–H and O–H groups in total. The molecule has 0 saturated heterocycles. The fourth-order valence-corrected chi connectivity index (χ4v) is 3.13. The zero-order valence-corrected chi connectivity index (χ0v) is 19.5. The Labute approximate surface area is 182 Å². The van der Waals surface area contributed by atoms with E-state index in [1.54, 1.807) is 0 Å². The van der Waals surface area contributed by atoms with Crippen LogP contribution in [0.4, 0.5) is 0 Å². The number of esters is 2. The molecule has 4 heteroatoms. The molecule has 0 aliphatic heterocycles. The maximum Gasteiger partial charge on any atom is 0.306 e. The summed E-state index contributed by atoms with van der Waals surface area (Å²) >= 11 is 0. The second-order valence-corrected chi connectivity index (χ2v) is 9.41. The molecule has 166 valence electrons. The Morgan fingerprint density at radius 1 is 0.700 bits per heavy atom. The van der Waals surface area contributed by atoms with Gasteiger partial charge in [-0.3, -0.25) is 9.59 Å². The highest BCUT2D eigenvalue weighted by Crippen LogP contribution is 2.27. The molecule has 0 atom stereocenters. The summed E-state index contributed by atoms with van der Waals surface area (Å²) < 4.78 is 9.52. The minimum absolute atomic E-state index is 0.0921. The van der Waals surface area contributed by atoms with Gasteiger partial charge in [-0.1, -0.05) is 76.3 Å². The van der Waals surface area contributed by atoms with E-state index in [2.05, 4.69) is 76.3 Å². The van der Waals surface area contributed by atoms with E-state index in [9.17, 15) is 9.59 Å². The lowest BCUT2D eigenvalue weighted by atomic mass is 9.85. The molecule has 0 saturated carbocycles. The fraction of sp³-hybridized carbons (Fsp3) is 0.538. The molecule has 0 fully saturated rings. The van der Waals surface area contributed by atoms with Crippen LogP contribution in [0.15, 0.2) is 48.6 Å². The Hall–Kier alpha value is -2.36. The molecule has 0 heterocycles. The van der Waals surface area contributed by atoms with Crippen LogP contribution in [0.3, 0.4) is 0 Å². The number of carbonyl (C=O) groups excluding carboxylic acids is 2.